The first-order valence-electron chi connectivity index (χ1n) is 5.77. The Kier molecular flexibility index (Phi) is 4.11. The van der Waals surface area contributed by atoms with Crippen LogP contribution in [0.3, 0.4) is 0 Å². The van der Waals surface area contributed by atoms with E-state index in [2.05, 4.69) is 15.9 Å². The molecule has 1 aromatic rings. The van der Waals surface area contributed by atoms with Crippen molar-refractivity contribution in [2.24, 2.45) is 5.92 Å². The number of carbonyl (C=O) groups excluding carboxylic acids is 1. The summed E-state index contributed by atoms with van der Waals surface area (Å²) in [5.41, 5.74) is 1.12. The zero-order chi connectivity index (χ0) is 13.1. The van der Waals surface area contributed by atoms with Crippen LogP contribution in [0.25, 0.3) is 0 Å². The molecule has 0 amide bonds. The number of halogens is 1. The van der Waals surface area contributed by atoms with E-state index in [0.29, 0.717) is 6.61 Å². The Balaban J connectivity index is 2.03. The zero-order valence-corrected chi connectivity index (χ0v) is 12.0. The van der Waals surface area contributed by atoms with E-state index in [1.165, 1.54) is 6.92 Å². The van der Waals surface area contributed by atoms with Gasteiger partial charge in [0, 0.05) is 11.4 Å². The molecule has 0 N–H and O–H groups in total. The number of hydrogen-bond acceptors (Lipinski definition) is 4. The van der Waals surface area contributed by atoms with Gasteiger partial charge in [0.15, 0.2) is 11.5 Å². The Hall–Kier alpha value is -1.23. The van der Waals surface area contributed by atoms with Crippen LogP contribution in [0.2, 0.25) is 0 Å². The summed E-state index contributed by atoms with van der Waals surface area (Å²) in [5.74, 6) is 1.54. The molecular weight excluding hydrogens is 300 g/mol. The van der Waals surface area contributed by atoms with Gasteiger partial charge in [-0.25, -0.2) is 0 Å². The van der Waals surface area contributed by atoms with E-state index < -0.39 is 0 Å². The molecule has 5 heteroatoms. The van der Waals surface area contributed by atoms with E-state index in [0.717, 1.165) is 28.0 Å². The number of hydrogen-bond donors (Lipinski definition) is 0. The van der Waals surface area contributed by atoms with Gasteiger partial charge >= 0.3 is 5.97 Å². The molecule has 0 bridgehead atoms. The molecule has 0 aromatic heterocycles. The second-order valence-corrected chi connectivity index (χ2v) is 5.26. The summed E-state index contributed by atoms with van der Waals surface area (Å²) >= 11 is 3.52. The van der Waals surface area contributed by atoms with Crippen molar-refractivity contribution >= 4 is 21.9 Å². The van der Waals surface area contributed by atoms with Gasteiger partial charge in [0.2, 0.25) is 6.79 Å². The van der Waals surface area contributed by atoms with Gasteiger partial charge < -0.3 is 14.2 Å². The van der Waals surface area contributed by atoms with Crippen LogP contribution < -0.4 is 9.47 Å². The van der Waals surface area contributed by atoms with E-state index in [1.54, 1.807) is 0 Å². The van der Waals surface area contributed by atoms with E-state index >= 15 is 0 Å². The van der Waals surface area contributed by atoms with Gasteiger partial charge in [-0.2, -0.15) is 0 Å². The van der Waals surface area contributed by atoms with Crippen LogP contribution in [-0.4, -0.2) is 19.4 Å². The van der Waals surface area contributed by atoms with Gasteiger partial charge in [0.1, 0.15) is 0 Å². The maximum absolute atomic E-state index is 10.8. The van der Waals surface area contributed by atoms with Gasteiger partial charge in [0.25, 0.3) is 0 Å². The summed E-state index contributed by atoms with van der Waals surface area (Å²) in [5, 5.41) is 0. The number of fused-ring (bicyclic) bond motifs is 1. The average Bonchev–Trinajstić information content (AvgIpc) is 2.74. The number of esters is 1. The highest BCUT2D eigenvalue weighted by Gasteiger charge is 2.17. The van der Waals surface area contributed by atoms with E-state index in [1.807, 2.05) is 19.1 Å². The summed E-state index contributed by atoms with van der Waals surface area (Å²) in [6.07, 6.45) is 0.810. The summed E-state index contributed by atoms with van der Waals surface area (Å²) in [6.45, 7) is 4.16. The van der Waals surface area contributed by atoms with Crippen molar-refractivity contribution in [3.63, 3.8) is 0 Å². The minimum atomic E-state index is -0.244. The highest BCUT2D eigenvalue weighted by Crippen LogP contribution is 2.37. The van der Waals surface area contributed by atoms with Gasteiger partial charge in [-0.3, -0.25) is 4.79 Å². The molecule has 1 aromatic carbocycles. The second-order valence-electron chi connectivity index (χ2n) is 4.41. The smallest absolute Gasteiger partial charge is 0.302 e. The Morgan fingerprint density at radius 2 is 2.11 bits per heavy atom. The first-order valence-corrected chi connectivity index (χ1v) is 6.57. The van der Waals surface area contributed by atoms with Crippen molar-refractivity contribution in [1.82, 2.24) is 0 Å². The minimum absolute atomic E-state index is 0.244. The summed E-state index contributed by atoms with van der Waals surface area (Å²) < 4.78 is 16.6. The minimum Gasteiger partial charge on any atom is -0.466 e. The van der Waals surface area contributed by atoms with Crippen molar-refractivity contribution in [3.8, 4) is 11.5 Å². The van der Waals surface area contributed by atoms with Gasteiger partial charge in [-0.05, 0) is 30.0 Å². The molecule has 0 fully saturated rings. The maximum atomic E-state index is 10.8. The molecule has 0 radical (unpaired) electrons. The predicted molar refractivity (Wildman–Crippen MR) is 69.8 cm³/mol. The molecule has 0 spiro atoms. The van der Waals surface area contributed by atoms with Crippen molar-refractivity contribution in [1.29, 1.82) is 0 Å². The van der Waals surface area contributed by atoms with Crippen LogP contribution in [0.1, 0.15) is 19.4 Å². The molecule has 18 heavy (non-hydrogen) atoms. The molecule has 1 aliphatic rings. The summed E-state index contributed by atoms with van der Waals surface area (Å²) in [4.78, 5) is 10.8. The summed E-state index contributed by atoms with van der Waals surface area (Å²) in [6, 6.07) is 3.88. The van der Waals surface area contributed by atoms with Crippen LogP contribution in [0.15, 0.2) is 16.6 Å². The number of rotatable bonds is 4. The molecule has 1 aliphatic heterocycles. The molecular formula is C13H15BrO4. The highest BCUT2D eigenvalue weighted by atomic mass is 79.9. The molecule has 0 saturated carbocycles. The van der Waals surface area contributed by atoms with Gasteiger partial charge in [-0.15, -0.1) is 0 Å². The van der Waals surface area contributed by atoms with Crippen LogP contribution >= 0.6 is 15.9 Å². The molecule has 1 atom stereocenters. The Morgan fingerprint density at radius 3 is 2.78 bits per heavy atom. The monoisotopic (exact) mass is 314 g/mol. The largest absolute Gasteiger partial charge is 0.466 e. The molecule has 98 valence electrons. The van der Waals surface area contributed by atoms with Gasteiger partial charge in [0.05, 0.1) is 6.61 Å². The Labute approximate surface area is 114 Å². The van der Waals surface area contributed by atoms with Crippen molar-refractivity contribution in [2.45, 2.75) is 20.3 Å². The molecule has 4 nitrogen and oxygen atoms in total. The van der Waals surface area contributed by atoms with Crippen molar-refractivity contribution < 1.29 is 19.0 Å². The van der Waals surface area contributed by atoms with Crippen LogP contribution in [-0.2, 0) is 16.0 Å². The Morgan fingerprint density at radius 1 is 1.44 bits per heavy atom. The third-order valence-corrected chi connectivity index (χ3v) is 3.42. The van der Waals surface area contributed by atoms with E-state index in [4.69, 9.17) is 14.2 Å². The molecule has 1 heterocycles. The standard InChI is InChI=1S/C13H15BrO4/c1-8(6-16-9(2)15)3-10-4-12-13(5-11(10)14)18-7-17-12/h4-5,8H,3,6-7H2,1-2H3. The maximum Gasteiger partial charge on any atom is 0.302 e. The number of benzene rings is 1. The summed E-state index contributed by atoms with van der Waals surface area (Å²) in [7, 11) is 0. The third kappa shape index (κ3) is 3.16. The average molecular weight is 315 g/mol. The van der Waals surface area contributed by atoms with E-state index in [-0.39, 0.29) is 18.7 Å². The SMILES string of the molecule is CC(=O)OCC(C)Cc1cc2c(cc1Br)OCO2. The highest BCUT2D eigenvalue weighted by molar-refractivity contribution is 9.10. The fraction of sp³-hybridized carbons (Fsp3) is 0.462. The van der Waals surface area contributed by atoms with Crippen LogP contribution in [0.4, 0.5) is 0 Å². The lowest BCUT2D eigenvalue weighted by molar-refractivity contribution is -0.142. The first kappa shape index (κ1) is 13.2. The molecule has 1 unspecified atom stereocenters. The normalized spacial score (nSPS) is 14.4. The zero-order valence-electron chi connectivity index (χ0n) is 10.4. The number of ether oxygens (including phenoxy) is 3. The van der Waals surface area contributed by atoms with Crippen molar-refractivity contribution in [2.75, 3.05) is 13.4 Å². The molecule has 0 aliphatic carbocycles. The number of carbonyl (C=O) groups is 1. The first-order chi connectivity index (χ1) is 8.56. The fourth-order valence-corrected chi connectivity index (χ4v) is 2.29. The molecule has 0 saturated heterocycles. The Bertz CT molecular complexity index is 459. The predicted octanol–water partition coefficient (Wildman–Crippen LogP) is 2.92. The van der Waals surface area contributed by atoms with Crippen LogP contribution in [0.5, 0.6) is 11.5 Å². The molecule has 2 rings (SSSR count). The van der Waals surface area contributed by atoms with Crippen LogP contribution in [0, 0.1) is 5.92 Å². The lowest BCUT2D eigenvalue weighted by atomic mass is 10.0. The lowest BCUT2D eigenvalue weighted by Gasteiger charge is -2.13. The van der Waals surface area contributed by atoms with E-state index in [9.17, 15) is 4.79 Å². The lowest BCUT2D eigenvalue weighted by Crippen LogP contribution is -2.11. The fourth-order valence-electron chi connectivity index (χ4n) is 1.81. The van der Waals surface area contributed by atoms with Crippen molar-refractivity contribution in [3.05, 3.63) is 22.2 Å². The second kappa shape index (κ2) is 5.61. The van der Waals surface area contributed by atoms with Gasteiger partial charge in [-0.1, -0.05) is 22.9 Å². The topological polar surface area (TPSA) is 44.8 Å². The third-order valence-electron chi connectivity index (χ3n) is 2.68. The quantitative estimate of drug-likeness (QED) is 0.802.